The molecule has 3 rings (SSSR count). The molecule has 0 atom stereocenters. The summed E-state index contributed by atoms with van der Waals surface area (Å²) in [5.41, 5.74) is 0.994. The van der Waals surface area contributed by atoms with E-state index in [9.17, 15) is 9.59 Å². The van der Waals surface area contributed by atoms with E-state index >= 15 is 0 Å². The van der Waals surface area contributed by atoms with Gasteiger partial charge in [-0.1, -0.05) is 24.3 Å². The van der Waals surface area contributed by atoms with Crippen molar-refractivity contribution in [2.45, 2.75) is 49.4 Å². The molecule has 2 aromatic rings. The number of thiazole rings is 1. The van der Waals surface area contributed by atoms with E-state index in [2.05, 4.69) is 22.2 Å². The minimum absolute atomic E-state index is 0.0248. The molecule has 0 aromatic carbocycles. The number of hydrogen-bond acceptors (Lipinski definition) is 6. The molecule has 0 radical (unpaired) electrons. The lowest BCUT2D eigenvalue weighted by Crippen LogP contribution is -2.44. The van der Waals surface area contributed by atoms with Gasteiger partial charge in [0.2, 0.25) is 0 Å². The van der Waals surface area contributed by atoms with E-state index < -0.39 is 5.97 Å². The molecule has 0 bridgehead atoms. The van der Waals surface area contributed by atoms with E-state index in [4.69, 9.17) is 5.11 Å². The van der Waals surface area contributed by atoms with E-state index in [0.717, 1.165) is 35.5 Å². The number of nitrogens with zero attached hydrogens (tertiary/aromatic N) is 3. The number of rotatable bonds is 7. The van der Waals surface area contributed by atoms with Crippen molar-refractivity contribution in [3.8, 4) is 0 Å². The van der Waals surface area contributed by atoms with Gasteiger partial charge in [-0.3, -0.25) is 15.1 Å². The minimum Gasteiger partial charge on any atom is -0.481 e. The second-order valence-electron chi connectivity index (χ2n) is 7.00. The molecule has 1 aliphatic carbocycles. The summed E-state index contributed by atoms with van der Waals surface area (Å²) in [6.07, 6.45) is 9.34. The summed E-state index contributed by atoms with van der Waals surface area (Å²) in [4.78, 5) is 34.0. The molecule has 1 fully saturated rings. The summed E-state index contributed by atoms with van der Waals surface area (Å²) >= 11 is 2.49. The third kappa shape index (κ3) is 5.93. The van der Waals surface area contributed by atoms with Crippen molar-refractivity contribution in [2.75, 3.05) is 11.1 Å². The van der Waals surface area contributed by atoms with Crippen LogP contribution in [0.25, 0.3) is 0 Å². The maximum absolute atomic E-state index is 13.0. The lowest BCUT2D eigenvalue weighted by Gasteiger charge is -2.36. The monoisotopic (exact) mass is 420 g/mol. The second-order valence-corrected chi connectivity index (χ2v) is 9.31. The first-order chi connectivity index (χ1) is 13.5. The summed E-state index contributed by atoms with van der Waals surface area (Å²) in [6, 6.07) is 3.87. The Morgan fingerprint density at radius 1 is 1.32 bits per heavy atom. The van der Waals surface area contributed by atoms with Gasteiger partial charge < -0.3 is 10.0 Å². The third-order valence-corrected chi connectivity index (χ3v) is 6.89. The van der Waals surface area contributed by atoms with E-state index in [1.54, 1.807) is 18.6 Å². The summed E-state index contributed by atoms with van der Waals surface area (Å²) in [5, 5.41) is 12.2. The quantitative estimate of drug-likeness (QED) is 0.648. The van der Waals surface area contributed by atoms with Crippen molar-refractivity contribution in [1.29, 1.82) is 0 Å². The Kier molecular flexibility index (Phi) is 7.27. The molecule has 2 heterocycles. The fourth-order valence-electron chi connectivity index (χ4n) is 3.29. The topological polar surface area (TPSA) is 95.4 Å². The highest BCUT2D eigenvalue weighted by Gasteiger charge is 2.28. The number of carboxylic acids is 1. The number of aromatic nitrogens is 2. The van der Waals surface area contributed by atoms with Crippen LogP contribution in [0.1, 0.15) is 38.2 Å². The zero-order chi connectivity index (χ0) is 19.9. The first kappa shape index (κ1) is 20.6. The number of nitrogens with one attached hydrogen (secondary N) is 1. The number of pyridine rings is 1. The van der Waals surface area contributed by atoms with Crippen molar-refractivity contribution < 1.29 is 14.7 Å². The van der Waals surface area contributed by atoms with Crippen LogP contribution < -0.4 is 5.32 Å². The summed E-state index contributed by atoms with van der Waals surface area (Å²) < 4.78 is 0.767. The van der Waals surface area contributed by atoms with E-state index in [1.165, 1.54) is 23.1 Å². The molecule has 0 spiro atoms. The molecule has 1 aliphatic rings. The van der Waals surface area contributed by atoms with Crippen LogP contribution in [0, 0.1) is 5.92 Å². The van der Waals surface area contributed by atoms with Crippen LogP contribution in [0.3, 0.4) is 0 Å². The average molecular weight is 421 g/mol. The Morgan fingerprint density at radius 2 is 2.11 bits per heavy atom. The predicted octanol–water partition coefficient (Wildman–Crippen LogP) is 4.33. The van der Waals surface area contributed by atoms with Crippen LogP contribution in [0.4, 0.5) is 9.93 Å². The Hall–Kier alpha value is -2.13. The highest BCUT2D eigenvalue weighted by atomic mass is 32.2. The normalized spacial score (nSPS) is 19.2. The summed E-state index contributed by atoms with van der Waals surface area (Å²) in [6.45, 7) is 2.76. The maximum atomic E-state index is 13.0. The van der Waals surface area contributed by atoms with E-state index in [0.29, 0.717) is 17.6 Å². The molecule has 7 nitrogen and oxygen atoms in total. The minimum atomic E-state index is -0.877. The number of aliphatic carboxylic acids is 1. The summed E-state index contributed by atoms with van der Waals surface area (Å²) in [7, 11) is 0. The second kappa shape index (κ2) is 9.88. The Labute approximate surface area is 172 Å². The highest BCUT2D eigenvalue weighted by Crippen LogP contribution is 2.30. The molecule has 0 unspecified atom stereocenters. The average Bonchev–Trinajstić information content (AvgIpc) is 3.13. The van der Waals surface area contributed by atoms with Crippen LogP contribution in [-0.2, 0) is 11.3 Å². The van der Waals surface area contributed by atoms with Gasteiger partial charge >= 0.3 is 12.0 Å². The van der Waals surface area contributed by atoms with Gasteiger partial charge in [-0.15, -0.1) is 11.8 Å². The zero-order valence-electron chi connectivity index (χ0n) is 15.7. The van der Waals surface area contributed by atoms with Gasteiger partial charge in [0.05, 0.1) is 16.2 Å². The van der Waals surface area contributed by atoms with E-state index in [-0.39, 0.29) is 17.8 Å². The van der Waals surface area contributed by atoms with Gasteiger partial charge in [-0.2, -0.15) is 0 Å². The lowest BCUT2D eigenvalue weighted by molar-refractivity contribution is -0.133. The summed E-state index contributed by atoms with van der Waals surface area (Å²) in [5.74, 6) is -0.200. The van der Waals surface area contributed by atoms with Crippen molar-refractivity contribution in [3.05, 3.63) is 36.3 Å². The molecule has 0 saturated heterocycles. The molecule has 0 aliphatic heterocycles. The van der Waals surface area contributed by atoms with Crippen LogP contribution in [0.5, 0.6) is 0 Å². The Morgan fingerprint density at radius 3 is 2.79 bits per heavy atom. The SMILES string of the molecule is CC1CCC(N(Cc2cccnc2)C(=O)Nc2ncc(SCC(=O)O)s2)CC1. The van der Waals surface area contributed by atoms with Crippen LogP contribution in [0.2, 0.25) is 0 Å². The molecule has 2 amide bonds. The lowest BCUT2D eigenvalue weighted by atomic mass is 9.86. The molecule has 2 aromatic heterocycles. The van der Waals surface area contributed by atoms with Crippen LogP contribution >= 0.6 is 23.1 Å². The number of hydrogen-bond donors (Lipinski definition) is 2. The number of thioether (sulfide) groups is 1. The predicted molar refractivity (Wildman–Crippen MR) is 111 cm³/mol. The molecular weight excluding hydrogens is 396 g/mol. The molecule has 1 saturated carbocycles. The smallest absolute Gasteiger partial charge is 0.324 e. The van der Waals surface area contributed by atoms with Gasteiger partial charge in [-0.25, -0.2) is 9.78 Å². The third-order valence-electron chi connectivity index (χ3n) is 4.80. The number of carbonyl (C=O) groups is 2. The highest BCUT2D eigenvalue weighted by molar-refractivity contribution is 8.01. The number of anilines is 1. The fraction of sp³-hybridized carbons (Fsp3) is 0.474. The molecule has 2 N–H and O–H groups in total. The number of amides is 2. The maximum Gasteiger partial charge on any atom is 0.324 e. The first-order valence-corrected chi connectivity index (χ1v) is 11.1. The van der Waals surface area contributed by atoms with Gasteiger partial charge in [-0.05, 0) is 43.2 Å². The van der Waals surface area contributed by atoms with Gasteiger partial charge in [0.1, 0.15) is 0 Å². The number of carboxylic acid groups (broad SMARTS) is 1. The standard InChI is InChI=1S/C19H24N4O3S2/c1-13-4-6-15(7-5-13)23(11-14-3-2-8-20-9-14)19(26)22-18-21-10-17(28-18)27-12-16(24)25/h2-3,8-10,13,15H,4-7,11-12H2,1H3,(H,24,25)(H,21,22,26). The molecule has 9 heteroatoms. The largest absolute Gasteiger partial charge is 0.481 e. The molecular formula is C19H24N4O3S2. The van der Waals surface area contributed by atoms with Crippen molar-refractivity contribution >= 4 is 40.2 Å². The number of carbonyl (C=O) groups excluding carboxylic acids is 1. The zero-order valence-corrected chi connectivity index (χ0v) is 17.3. The Balaban J connectivity index is 1.68. The molecule has 28 heavy (non-hydrogen) atoms. The van der Waals surface area contributed by atoms with Crippen LogP contribution in [0.15, 0.2) is 34.9 Å². The first-order valence-electron chi connectivity index (χ1n) is 9.28. The van der Waals surface area contributed by atoms with Crippen molar-refractivity contribution in [1.82, 2.24) is 14.9 Å². The van der Waals surface area contributed by atoms with Gasteiger partial charge in [0.15, 0.2) is 5.13 Å². The van der Waals surface area contributed by atoms with Gasteiger partial charge in [0, 0.05) is 25.0 Å². The van der Waals surface area contributed by atoms with Crippen molar-refractivity contribution in [2.24, 2.45) is 5.92 Å². The van der Waals surface area contributed by atoms with Gasteiger partial charge in [0.25, 0.3) is 0 Å². The fourth-order valence-corrected chi connectivity index (χ4v) is 4.87. The number of urea groups is 1. The Bertz CT molecular complexity index is 791. The van der Waals surface area contributed by atoms with Crippen molar-refractivity contribution in [3.63, 3.8) is 0 Å². The molecule has 150 valence electrons. The van der Waals surface area contributed by atoms with E-state index in [1.807, 2.05) is 17.0 Å². The van der Waals surface area contributed by atoms with Crippen LogP contribution in [-0.4, -0.2) is 43.8 Å².